The first-order valence-electron chi connectivity index (χ1n) is 23.8. The lowest BCUT2D eigenvalue weighted by Gasteiger charge is -2.13. The average molecular weight is 942 g/mol. The van der Waals surface area contributed by atoms with Crippen LogP contribution in [0.15, 0.2) is 63.8 Å². The van der Waals surface area contributed by atoms with Gasteiger partial charge in [0.1, 0.15) is 11.5 Å². The Labute approximate surface area is 389 Å². The third kappa shape index (κ3) is 26.3. The second-order valence-corrected chi connectivity index (χ2v) is 19.4. The van der Waals surface area contributed by atoms with Crippen LogP contribution in [0.1, 0.15) is 177 Å². The molecule has 3 heterocycles. The Morgan fingerprint density at radius 1 is 0.574 bits per heavy atom. The van der Waals surface area contributed by atoms with Crippen molar-refractivity contribution in [1.82, 2.24) is 0 Å². The highest BCUT2D eigenvalue weighted by molar-refractivity contribution is 9.10. The van der Waals surface area contributed by atoms with Crippen molar-refractivity contribution in [3.8, 4) is 21.9 Å². The third-order valence-electron chi connectivity index (χ3n) is 11.1. The number of unbranched alkanes of at least 4 members (excludes halogenated alkanes) is 18. The van der Waals surface area contributed by atoms with E-state index >= 15 is 0 Å². The average Bonchev–Trinajstić information content (AvgIpc) is 4.09. The third-order valence-corrected chi connectivity index (χ3v) is 13.4. The second-order valence-electron chi connectivity index (χ2n) is 16.5. The Kier molecular flexibility index (Phi) is 32.7. The van der Waals surface area contributed by atoms with Gasteiger partial charge in [-0.1, -0.05) is 170 Å². The summed E-state index contributed by atoms with van der Waals surface area (Å²) in [7, 11) is -1.30. The molecule has 61 heavy (non-hydrogen) atoms. The number of thiophene rings is 2. The van der Waals surface area contributed by atoms with Crippen molar-refractivity contribution in [2.75, 3.05) is 26.4 Å². The minimum Gasteiger partial charge on any atom is -0.493 e. The SMILES string of the molecule is C1CCOC1.CCCCCCCCCCCCOc1cc(-c2cccs2)cc(C)c1C.CCCCCCCCCCCCOc1cc(Br)cc(C)c1C.OB(O)c1cccs1. The maximum Gasteiger partial charge on any atom is 0.499 e. The van der Waals surface area contributed by atoms with Crippen molar-refractivity contribution < 1.29 is 24.3 Å². The molecular weight excluding hydrogens is 859 g/mol. The molecule has 0 unspecified atom stereocenters. The molecule has 2 N–H and O–H groups in total. The maximum absolute atomic E-state index is 8.48. The molecule has 2 aromatic carbocycles. The maximum atomic E-state index is 8.48. The van der Waals surface area contributed by atoms with Gasteiger partial charge in [-0.05, 0) is 116 Å². The highest BCUT2D eigenvalue weighted by Gasteiger charge is 2.10. The highest BCUT2D eigenvalue weighted by Crippen LogP contribution is 2.32. The van der Waals surface area contributed by atoms with E-state index in [1.807, 2.05) is 0 Å². The Bertz CT molecular complexity index is 1600. The number of hydrogen-bond acceptors (Lipinski definition) is 7. The molecule has 1 saturated heterocycles. The van der Waals surface area contributed by atoms with Gasteiger partial charge in [0.2, 0.25) is 0 Å². The van der Waals surface area contributed by atoms with E-state index < -0.39 is 7.12 Å². The molecule has 0 aliphatic carbocycles. The van der Waals surface area contributed by atoms with Gasteiger partial charge >= 0.3 is 7.12 Å². The molecule has 1 fully saturated rings. The van der Waals surface area contributed by atoms with E-state index in [2.05, 4.69) is 99.3 Å². The lowest BCUT2D eigenvalue weighted by Crippen LogP contribution is -2.26. The lowest BCUT2D eigenvalue weighted by molar-refractivity contribution is 0.198. The largest absolute Gasteiger partial charge is 0.499 e. The van der Waals surface area contributed by atoms with Crippen LogP contribution >= 0.6 is 38.6 Å². The summed E-state index contributed by atoms with van der Waals surface area (Å²) in [5.74, 6) is 2.09. The molecule has 0 amide bonds. The van der Waals surface area contributed by atoms with Crippen molar-refractivity contribution in [2.24, 2.45) is 0 Å². The van der Waals surface area contributed by atoms with Crippen LogP contribution in [0.2, 0.25) is 0 Å². The predicted molar refractivity (Wildman–Crippen MR) is 272 cm³/mol. The van der Waals surface area contributed by atoms with E-state index in [1.54, 1.807) is 28.8 Å². The monoisotopic (exact) mass is 940 g/mol. The van der Waals surface area contributed by atoms with Crippen LogP contribution in [0.5, 0.6) is 11.5 Å². The molecule has 5 rings (SSSR count). The van der Waals surface area contributed by atoms with Crippen LogP contribution in [0.4, 0.5) is 0 Å². The Balaban J connectivity index is 0.000000326. The van der Waals surface area contributed by atoms with Gasteiger partial charge in [-0.25, -0.2) is 0 Å². The highest BCUT2D eigenvalue weighted by atomic mass is 79.9. The van der Waals surface area contributed by atoms with Crippen LogP contribution in [0, 0.1) is 27.7 Å². The normalized spacial score (nSPS) is 11.8. The predicted octanol–water partition coefficient (Wildman–Crippen LogP) is 15.9. The van der Waals surface area contributed by atoms with E-state index in [9.17, 15) is 0 Å². The van der Waals surface area contributed by atoms with Crippen molar-refractivity contribution in [1.29, 1.82) is 0 Å². The number of benzene rings is 2. The number of hydrogen-bond donors (Lipinski definition) is 2. The molecule has 4 aromatic rings. The fourth-order valence-corrected chi connectivity index (χ4v) is 8.85. The summed E-state index contributed by atoms with van der Waals surface area (Å²) in [6.45, 7) is 16.9. The molecule has 1 aliphatic heterocycles. The van der Waals surface area contributed by atoms with Gasteiger partial charge in [0.25, 0.3) is 0 Å². The number of ether oxygens (including phenoxy) is 3. The van der Waals surface area contributed by atoms with Gasteiger partial charge in [-0.2, -0.15) is 11.3 Å². The molecule has 0 spiro atoms. The molecule has 0 atom stereocenters. The smallest absolute Gasteiger partial charge is 0.493 e. The summed E-state index contributed by atoms with van der Waals surface area (Å²) in [4.78, 5) is 1.32. The van der Waals surface area contributed by atoms with Gasteiger partial charge in [-0.15, -0.1) is 11.3 Å². The van der Waals surface area contributed by atoms with Crippen LogP contribution in [0.3, 0.4) is 0 Å². The molecular formula is C52H82BBrO5S2. The minimum absolute atomic E-state index is 0.588. The zero-order valence-corrected chi connectivity index (χ0v) is 42.3. The van der Waals surface area contributed by atoms with Crippen LogP contribution in [0.25, 0.3) is 10.4 Å². The standard InChI is InChI=1S/C24H36OS.C20H33BrO.C4H5BO2S.C4H8O/c1-4-5-6-7-8-9-10-11-12-13-16-25-23-19-22(18-20(2)21(23)3)24-15-14-17-26-24;1-4-5-6-7-8-9-10-11-12-13-14-22-20-16-19(21)15-17(2)18(20)3;6-5(7)4-2-1-3-8-4;1-2-4-5-3-1/h14-15,17-19H,4-13,16H2,1-3H3;15-16H,4-14H2,1-3H3;1-3,6-7H;1-4H2. The Morgan fingerprint density at radius 3 is 1.41 bits per heavy atom. The first-order chi connectivity index (χ1) is 29.7. The summed E-state index contributed by atoms with van der Waals surface area (Å²) < 4.78 is 18.7. The lowest BCUT2D eigenvalue weighted by atomic mass is 9.90. The first-order valence-corrected chi connectivity index (χ1v) is 26.4. The van der Waals surface area contributed by atoms with Gasteiger partial charge in [0.15, 0.2) is 0 Å². The van der Waals surface area contributed by atoms with E-state index in [0.29, 0.717) is 4.78 Å². The number of rotatable bonds is 26. The zero-order valence-electron chi connectivity index (χ0n) is 39.0. The van der Waals surface area contributed by atoms with Crippen LogP contribution < -0.4 is 14.3 Å². The summed E-state index contributed by atoms with van der Waals surface area (Å²) >= 11 is 6.66. The number of halogens is 1. The summed E-state index contributed by atoms with van der Waals surface area (Å²) in [5.41, 5.74) is 6.41. The molecule has 2 aromatic heterocycles. The molecule has 1 aliphatic rings. The molecule has 342 valence electrons. The fraction of sp³-hybridized carbons (Fsp3) is 0.615. The molecule has 5 nitrogen and oxygen atoms in total. The molecule has 0 radical (unpaired) electrons. The quantitative estimate of drug-likeness (QED) is 0.0485. The van der Waals surface area contributed by atoms with E-state index in [-0.39, 0.29) is 0 Å². The van der Waals surface area contributed by atoms with E-state index in [0.717, 1.165) is 48.8 Å². The van der Waals surface area contributed by atoms with Gasteiger partial charge in [-0.3, -0.25) is 0 Å². The summed E-state index contributed by atoms with van der Waals surface area (Å²) in [6.07, 6.45) is 29.8. The van der Waals surface area contributed by atoms with Gasteiger partial charge in [0.05, 0.1) is 13.2 Å². The van der Waals surface area contributed by atoms with Crippen molar-refractivity contribution in [3.05, 3.63) is 86.0 Å². The van der Waals surface area contributed by atoms with Crippen LogP contribution in [-0.2, 0) is 4.74 Å². The topological polar surface area (TPSA) is 68.2 Å². The Hall–Kier alpha value is -2.14. The first kappa shape index (κ1) is 55.0. The molecule has 9 heteroatoms. The Morgan fingerprint density at radius 2 is 1.02 bits per heavy atom. The second kappa shape index (κ2) is 36.2. The fourth-order valence-electron chi connectivity index (χ4n) is 6.99. The van der Waals surface area contributed by atoms with Crippen molar-refractivity contribution in [2.45, 2.75) is 183 Å². The molecule has 0 saturated carbocycles. The van der Waals surface area contributed by atoms with Gasteiger partial charge < -0.3 is 24.3 Å². The van der Waals surface area contributed by atoms with Gasteiger partial charge in [0, 0.05) is 27.3 Å². The van der Waals surface area contributed by atoms with E-state index in [4.69, 9.17) is 24.3 Å². The van der Waals surface area contributed by atoms with Crippen molar-refractivity contribution >= 4 is 50.5 Å². The minimum atomic E-state index is -1.30. The number of aryl methyl sites for hydroxylation is 2. The van der Waals surface area contributed by atoms with Crippen molar-refractivity contribution in [3.63, 3.8) is 0 Å². The summed E-state index contributed by atoms with van der Waals surface area (Å²) in [5, 5.41) is 20.9. The zero-order chi connectivity index (χ0) is 44.3. The van der Waals surface area contributed by atoms with E-state index in [1.165, 1.54) is 179 Å². The summed E-state index contributed by atoms with van der Waals surface area (Å²) in [6, 6.07) is 16.5. The van der Waals surface area contributed by atoms with Crippen LogP contribution in [-0.4, -0.2) is 43.6 Å². The molecule has 0 bridgehead atoms.